The maximum Gasteiger partial charge on any atom is 0.348 e. The van der Waals surface area contributed by atoms with Crippen LogP contribution in [0.4, 0.5) is 5.00 Å². The average molecular weight is 471 g/mol. The number of carbonyl (C=O) groups excluding carboxylic acids is 2. The van der Waals surface area contributed by atoms with Gasteiger partial charge in [0.1, 0.15) is 15.9 Å². The Kier molecular flexibility index (Phi) is 10.4. The molecule has 1 amide bonds. The van der Waals surface area contributed by atoms with Crippen molar-refractivity contribution in [2.45, 2.75) is 46.5 Å². The van der Waals surface area contributed by atoms with Gasteiger partial charge in [-0.3, -0.25) is 4.79 Å². The maximum atomic E-state index is 12.4. The van der Waals surface area contributed by atoms with Gasteiger partial charge in [0.15, 0.2) is 11.5 Å². The highest BCUT2D eigenvalue weighted by Crippen LogP contribution is 2.33. The normalized spacial score (nSPS) is 10.6. The lowest BCUT2D eigenvalue weighted by atomic mass is 10.1. The van der Waals surface area contributed by atoms with Crippen molar-refractivity contribution in [3.05, 3.63) is 45.8 Å². The summed E-state index contributed by atoms with van der Waals surface area (Å²) in [4.78, 5) is 24.8. The van der Waals surface area contributed by atoms with Gasteiger partial charge >= 0.3 is 5.97 Å². The fourth-order valence-electron chi connectivity index (χ4n) is 3.07. The molecule has 1 aromatic heterocycles. The molecule has 2 aromatic rings. The molecule has 2 rings (SSSR count). The predicted molar refractivity (Wildman–Crippen MR) is 130 cm³/mol. The third kappa shape index (κ3) is 7.36. The average Bonchev–Trinajstić information content (AvgIpc) is 3.12. The van der Waals surface area contributed by atoms with Gasteiger partial charge in [-0.25, -0.2) is 4.79 Å². The Bertz CT molecular complexity index is 1040. The van der Waals surface area contributed by atoms with E-state index < -0.39 is 11.9 Å². The molecule has 1 aromatic carbocycles. The number of nitriles is 1. The molecule has 0 fully saturated rings. The number of hydrogen-bond donors (Lipinski definition) is 1. The number of esters is 1. The SMILES string of the molecule is CCCCCCOc1ccc(/C=C/C(=O)Nc2sc(C(=O)OCC)c(C)c2C#N)cc1OC. The quantitative estimate of drug-likeness (QED) is 0.242. The first-order chi connectivity index (χ1) is 15.9. The number of nitrogens with one attached hydrogen (secondary N) is 1. The summed E-state index contributed by atoms with van der Waals surface area (Å²) < 4.78 is 16.3. The summed E-state index contributed by atoms with van der Waals surface area (Å²) in [6.07, 6.45) is 7.49. The van der Waals surface area contributed by atoms with Gasteiger partial charge in [-0.05, 0) is 49.6 Å². The number of nitrogens with zero attached hydrogens (tertiary/aromatic N) is 1. The van der Waals surface area contributed by atoms with Crippen molar-refractivity contribution in [3.8, 4) is 17.6 Å². The van der Waals surface area contributed by atoms with Crippen LogP contribution in [-0.4, -0.2) is 32.2 Å². The van der Waals surface area contributed by atoms with E-state index in [4.69, 9.17) is 14.2 Å². The number of thiophene rings is 1. The molecule has 176 valence electrons. The second-order valence-electron chi connectivity index (χ2n) is 7.23. The van der Waals surface area contributed by atoms with E-state index in [1.807, 2.05) is 18.2 Å². The fraction of sp³-hybridized carbons (Fsp3) is 0.400. The van der Waals surface area contributed by atoms with Crippen LogP contribution < -0.4 is 14.8 Å². The number of rotatable bonds is 12. The van der Waals surface area contributed by atoms with Crippen LogP contribution in [0.25, 0.3) is 6.08 Å². The molecule has 0 saturated carbocycles. The molecule has 0 spiro atoms. The molecule has 0 unspecified atom stereocenters. The van der Waals surface area contributed by atoms with E-state index in [-0.39, 0.29) is 12.2 Å². The fourth-order valence-corrected chi connectivity index (χ4v) is 4.12. The Hall–Kier alpha value is -3.31. The summed E-state index contributed by atoms with van der Waals surface area (Å²) in [5.74, 6) is 0.327. The standard InChI is InChI=1S/C25H30N2O5S/c1-5-7-8-9-14-32-20-12-10-18(15-21(20)30-4)11-13-22(28)27-24-19(16-26)17(3)23(33-24)25(29)31-6-2/h10-13,15H,5-9,14H2,1-4H3,(H,27,28)/b13-11+. The van der Waals surface area contributed by atoms with Crippen molar-refractivity contribution >= 4 is 34.3 Å². The Morgan fingerprint density at radius 1 is 1.18 bits per heavy atom. The van der Waals surface area contributed by atoms with Crippen molar-refractivity contribution in [2.24, 2.45) is 0 Å². The molecule has 0 aliphatic heterocycles. The lowest BCUT2D eigenvalue weighted by Gasteiger charge is -2.11. The minimum atomic E-state index is -0.507. The first-order valence-corrected chi connectivity index (χ1v) is 11.8. The third-order valence-electron chi connectivity index (χ3n) is 4.83. The van der Waals surface area contributed by atoms with Crippen molar-refractivity contribution in [3.63, 3.8) is 0 Å². The molecule has 1 heterocycles. The van der Waals surface area contributed by atoms with Crippen molar-refractivity contribution in [1.82, 2.24) is 0 Å². The van der Waals surface area contributed by atoms with Gasteiger partial charge in [-0.2, -0.15) is 5.26 Å². The second kappa shape index (κ2) is 13.3. The van der Waals surface area contributed by atoms with Crippen molar-refractivity contribution in [2.75, 3.05) is 25.6 Å². The van der Waals surface area contributed by atoms with E-state index in [9.17, 15) is 14.9 Å². The van der Waals surface area contributed by atoms with Crippen LogP contribution in [0.2, 0.25) is 0 Å². The topological polar surface area (TPSA) is 97.6 Å². The highest BCUT2D eigenvalue weighted by atomic mass is 32.1. The van der Waals surface area contributed by atoms with Crippen LogP contribution in [0.15, 0.2) is 24.3 Å². The first kappa shape index (κ1) is 25.9. The van der Waals surface area contributed by atoms with Crippen molar-refractivity contribution < 1.29 is 23.8 Å². The smallest absolute Gasteiger partial charge is 0.348 e. The van der Waals surface area contributed by atoms with Crippen LogP contribution in [0.5, 0.6) is 11.5 Å². The van der Waals surface area contributed by atoms with Gasteiger partial charge < -0.3 is 19.5 Å². The highest BCUT2D eigenvalue weighted by Gasteiger charge is 2.21. The summed E-state index contributed by atoms with van der Waals surface area (Å²) in [5.41, 5.74) is 1.51. The van der Waals surface area contributed by atoms with Crippen molar-refractivity contribution in [1.29, 1.82) is 5.26 Å². The predicted octanol–water partition coefficient (Wildman–Crippen LogP) is 5.72. The second-order valence-corrected chi connectivity index (χ2v) is 8.26. The van der Waals surface area contributed by atoms with Gasteiger partial charge in [0.2, 0.25) is 5.91 Å². The molecule has 0 atom stereocenters. The van der Waals surface area contributed by atoms with Crippen LogP contribution >= 0.6 is 11.3 Å². The van der Waals surface area contributed by atoms with E-state index in [1.165, 1.54) is 18.9 Å². The van der Waals surface area contributed by atoms with E-state index in [2.05, 4.69) is 12.2 Å². The lowest BCUT2D eigenvalue weighted by molar-refractivity contribution is -0.111. The van der Waals surface area contributed by atoms with E-state index >= 15 is 0 Å². The summed E-state index contributed by atoms with van der Waals surface area (Å²) in [7, 11) is 1.57. The molecular weight excluding hydrogens is 440 g/mol. The van der Waals surface area contributed by atoms with Gasteiger partial charge in [-0.1, -0.05) is 32.3 Å². The first-order valence-electron chi connectivity index (χ1n) is 11.0. The highest BCUT2D eigenvalue weighted by molar-refractivity contribution is 7.18. The lowest BCUT2D eigenvalue weighted by Crippen LogP contribution is -2.07. The number of ether oxygens (including phenoxy) is 3. The van der Waals surface area contributed by atoms with E-state index in [0.29, 0.717) is 33.5 Å². The molecular formula is C25H30N2O5S. The zero-order valence-electron chi connectivity index (χ0n) is 19.5. The number of methoxy groups -OCH3 is 1. The summed E-state index contributed by atoms with van der Waals surface area (Å²) in [6.45, 7) is 6.40. The molecule has 1 N–H and O–H groups in total. The summed E-state index contributed by atoms with van der Waals surface area (Å²) >= 11 is 1.03. The van der Waals surface area contributed by atoms with Crippen LogP contribution in [0.3, 0.4) is 0 Å². The number of benzene rings is 1. The molecule has 0 bridgehead atoms. The molecule has 33 heavy (non-hydrogen) atoms. The summed E-state index contributed by atoms with van der Waals surface area (Å²) in [5, 5.41) is 12.4. The Balaban J connectivity index is 2.06. The Morgan fingerprint density at radius 3 is 2.64 bits per heavy atom. The molecule has 8 heteroatoms. The molecule has 7 nitrogen and oxygen atoms in total. The van der Waals surface area contributed by atoms with Crippen LogP contribution in [-0.2, 0) is 9.53 Å². The Labute approximate surface area is 199 Å². The van der Waals surface area contributed by atoms with Gasteiger partial charge in [0.25, 0.3) is 0 Å². The maximum absolute atomic E-state index is 12.4. The number of unbranched alkanes of at least 4 members (excludes halogenated alkanes) is 3. The zero-order valence-corrected chi connectivity index (χ0v) is 20.3. The Morgan fingerprint density at radius 2 is 1.97 bits per heavy atom. The van der Waals surface area contributed by atoms with Crippen LogP contribution in [0, 0.1) is 18.3 Å². The number of anilines is 1. The minimum Gasteiger partial charge on any atom is -0.493 e. The zero-order chi connectivity index (χ0) is 24.2. The summed E-state index contributed by atoms with van der Waals surface area (Å²) in [6, 6.07) is 7.49. The third-order valence-corrected chi connectivity index (χ3v) is 6.01. The van der Waals surface area contributed by atoms with Gasteiger partial charge in [0.05, 0.1) is 25.9 Å². The minimum absolute atomic E-state index is 0.231. The molecule has 0 saturated heterocycles. The molecule has 0 radical (unpaired) electrons. The van der Waals surface area contributed by atoms with Gasteiger partial charge in [0, 0.05) is 6.08 Å². The van der Waals surface area contributed by atoms with Gasteiger partial charge in [-0.15, -0.1) is 11.3 Å². The number of amides is 1. The monoisotopic (exact) mass is 470 g/mol. The molecule has 0 aliphatic rings. The van der Waals surface area contributed by atoms with E-state index in [0.717, 1.165) is 29.7 Å². The number of carbonyl (C=O) groups is 2. The molecule has 0 aliphatic carbocycles. The number of hydrogen-bond acceptors (Lipinski definition) is 7. The van der Waals surface area contributed by atoms with Crippen LogP contribution in [0.1, 0.15) is 65.9 Å². The van der Waals surface area contributed by atoms with E-state index in [1.54, 1.807) is 33.1 Å². The largest absolute Gasteiger partial charge is 0.493 e.